The van der Waals surface area contributed by atoms with Gasteiger partial charge >= 0.3 is 12.1 Å². The fourth-order valence-corrected chi connectivity index (χ4v) is 2.27. The van der Waals surface area contributed by atoms with Crippen LogP contribution in [0.25, 0.3) is 0 Å². The van der Waals surface area contributed by atoms with E-state index in [1.54, 1.807) is 6.92 Å². The standard InChI is InChI=1S/C15H15F3O3/c1-2-21-13(20)12(19)9-10-3-5-11(6-4-10)14(7-8-14)15(16,17)18/h3-6H,2,7-9H2,1H3. The number of hydrogen-bond acceptors (Lipinski definition) is 3. The van der Waals surface area contributed by atoms with Crippen LogP contribution < -0.4 is 0 Å². The van der Waals surface area contributed by atoms with Gasteiger partial charge in [-0.1, -0.05) is 24.3 Å². The molecular weight excluding hydrogens is 285 g/mol. The van der Waals surface area contributed by atoms with E-state index in [-0.39, 0.29) is 31.4 Å². The van der Waals surface area contributed by atoms with Crippen molar-refractivity contribution in [3.05, 3.63) is 35.4 Å². The molecule has 0 unspecified atom stereocenters. The number of carbonyl (C=O) groups excluding carboxylic acids is 2. The minimum Gasteiger partial charge on any atom is -0.460 e. The van der Waals surface area contributed by atoms with E-state index in [4.69, 9.17) is 0 Å². The van der Waals surface area contributed by atoms with Crippen LogP contribution in [0.2, 0.25) is 0 Å². The highest BCUT2D eigenvalue weighted by Crippen LogP contribution is 2.58. The SMILES string of the molecule is CCOC(=O)C(=O)Cc1ccc(C2(C(F)(F)F)CC2)cc1. The van der Waals surface area contributed by atoms with E-state index in [9.17, 15) is 22.8 Å². The fourth-order valence-electron chi connectivity index (χ4n) is 2.27. The number of carbonyl (C=O) groups is 2. The fraction of sp³-hybridized carbons (Fsp3) is 0.467. The number of hydrogen-bond donors (Lipinski definition) is 0. The zero-order valence-corrected chi connectivity index (χ0v) is 11.5. The van der Waals surface area contributed by atoms with E-state index < -0.39 is 23.3 Å². The van der Waals surface area contributed by atoms with E-state index in [0.29, 0.717) is 5.56 Å². The van der Waals surface area contributed by atoms with Crippen LogP contribution in [0.5, 0.6) is 0 Å². The molecule has 0 aliphatic heterocycles. The Bertz CT molecular complexity index is 542. The van der Waals surface area contributed by atoms with Crippen molar-refractivity contribution < 1.29 is 27.5 Å². The lowest BCUT2D eigenvalue weighted by atomic mass is 9.93. The van der Waals surface area contributed by atoms with Gasteiger partial charge in [0.25, 0.3) is 0 Å². The topological polar surface area (TPSA) is 43.4 Å². The van der Waals surface area contributed by atoms with Crippen molar-refractivity contribution >= 4 is 11.8 Å². The molecule has 2 rings (SSSR count). The normalized spacial score (nSPS) is 16.4. The molecule has 1 fully saturated rings. The van der Waals surface area contributed by atoms with Gasteiger partial charge in [0.1, 0.15) is 0 Å². The number of ketones is 1. The van der Waals surface area contributed by atoms with Crippen LogP contribution in [0, 0.1) is 0 Å². The molecule has 1 aliphatic rings. The minimum absolute atomic E-state index is 0.0948. The molecule has 0 radical (unpaired) electrons. The van der Waals surface area contributed by atoms with Crippen LogP contribution in [-0.2, 0) is 26.2 Å². The van der Waals surface area contributed by atoms with Crippen LogP contribution in [0.1, 0.15) is 30.9 Å². The third-order valence-corrected chi connectivity index (χ3v) is 3.67. The molecule has 6 heteroatoms. The van der Waals surface area contributed by atoms with Gasteiger partial charge in [-0.05, 0) is 30.9 Å². The maximum Gasteiger partial charge on any atom is 0.398 e. The Morgan fingerprint density at radius 3 is 2.19 bits per heavy atom. The first-order valence-corrected chi connectivity index (χ1v) is 6.66. The van der Waals surface area contributed by atoms with Crippen LogP contribution >= 0.6 is 0 Å². The lowest BCUT2D eigenvalue weighted by Gasteiger charge is -2.19. The van der Waals surface area contributed by atoms with E-state index in [1.165, 1.54) is 24.3 Å². The summed E-state index contributed by atoms with van der Waals surface area (Å²) in [6.07, 6.45) is -4.23. The minimum atomic E-state index is -4.25. The summed E-state index contributed by atoms with van der Waals surface area (Å²) in [7, 11) is 0. The van der Waals surface area contributed by atoms with Crippen molar-refractivity contribution in [1.82, 2.24) is 0 Å². The molecule has 1 aromatic carbocycles. The zero-order chi connectivity index (χ0) is 15.7. The summed E-state index contributed by atoms with van der Waals surface area (Å²) < 4.78 is 43.5. The molecular formula is C15H15F3O3. The molecule has 3 nitrogen and oxygen atoms in total. The van der Waals surface area contributed by atoms with Gasteiger partial charge in [-0.25, -0.2) is 4.79 Å². The quantitative estimate of drug-likeness (QED) is 0.620. The van der Waals surface area contributed by atoms with Gasteiger partial charge < -0.3 is 4.74 Å². The van der Waals surface area contributed by atoms with Crippen molar-refractivity contribution in [1.29, 1.82) is 0 Å². The van der Waals surface area contributed by atoms with E-state index in [1.807, 2.05) is 0 Å². The summed E-state index contributed by atoms with van der Waals surface area (Å²) in [5.74, 6) is -1.63. The van der Waals surface area contributed by atoms with E-state index in [0.717, 1.165) is 0 Å². The lowest BCUT2D eigenvalue weighted by molar-refractivity contribution is -0.160. The molecule has 0 amide bonds. The molecule has 0 atom stereocenters. The molecule has 0 saturated heterocycles. The number of halogens is 3. The van der Waals surface area contributed by atoms with E-state index in [2.05, 4.69) is 4.74 Å². The number of benzene rings is 1. The van der Waals surface area contributed by atoms with Crippen LogP contribution in [0.4, 0.5) is 13.2 Å². The van der Waals surface area contributed by atoms with Crippen molar-refractivity contribution in [2.24, 2.45) is 0 Å². The summed E-state index contributed by atoms with van der Waals surface area (Å²) in [4.78, 5) is 22.7. The Morgan fingerprint density at radius 2 is 1.76 bits per heavy atom. The van der Waals surface area contributed by atoms with Gasteiger partial charge in [0.05, 0.1) is 12.0 Å². The predicted octanol–water partition coefficient (Wildman–Crippen LogP) is 2.96. The van der Waals surface area contributed by atoms with Crippen LogP contribution in [-0.4, -0.2) is 24.5 Å². The number of Topliss-reactive ketones (excluding diaryl/α,β-unsaturated/α-hetero) is 1. The van der Waals surface area contributed by atoms with Crippen molar-refractivity contribution in [3.8, 4) is 0 Å². The third kappa shape index (κ3) is 3.09. The third-order valence-electron chi connectivity index (χ3n) is 3.67. The second kappa shape index (κ2) is 5.50. The summed E-state index contributed by atoms with van der Waals surface area (Å²) in [5.41, 5.74) is -1.02. The average molecular weight is 300 g/mol. The highest BCUT2D eigenvalue weighted by molar-refractivity contribution is 6.34. The monoisotopic (exact) mass is 300 g/mol. The lowest BCUT2D eigenvalue weighted by Crippen LogP contribution is -2.28. The Kier molecular flexibility index (Phi) is 4.07. The molecule has 1 aromatic rings. The number of rotatable bonds is 5. The van der Waals surface area contributed by atoms with E-state index >= 15 is 0 Å². The molecule has 0 heterocycles. The summed E-state index contributed by atoms with van der Waals surface area (Å²) >= 11 is 0. The molecule has 1 saturated carbocycles. The largest absolute Gasteiger partial charge is 0.460 e. The van der Waals surface area contributed by atoms with Gasteiger partial charge in [0.2, 0.25) is 5.78 Å². The second-order valence-corrected chi connectivity index (χ2v) is 5.10. The van der Waals surface area contributed by atoms with Crippen molar-refractivity contribution in [3.63, 3.8) is 0 Å². The van der Waals surface area contributed by atoms with Crippen LogP contribution in [0.15, 0.2) is 24.3 Å². The molecule has 0 bridgehead atoms. The number of ether oxygens (including phenoxy) is 1. The van der Waals surface area contributed by atoms with Gasteiger partial charge in [-0.2, -0.15) is 13.2 Å². The summed E-state index contributed by atoms with van der Waals surface area (Å²) in [6, 6.07) is 5.68. The van der Waals surface area contributed by atoms with Crippen molar-refractivity contribution in [2.45, 2.75) is 37.8 Å². The summed E-state index contributed by atoms with van der Waals surface area (Å²) in [6.45, 7) is 1.70. The Morgan fingerprint density at radius 1 is 1.19 bits per heavy atom. The Balaban J connectivity index is 2.07. The first kappa shape index (κ1) is 15.5. The number of alkyl halides is 3. The Labute approximate surface area is 120 Å². The molecule has 0 N–H and O–H groups in total. The smallest absolute Gasteiger partial charge is 0.398 e. The van der Waals surface area contributed by atoms with Crippen molar-refractivity contribution in [2.75, 3.05) is 6.61 Å². The first-order valence-electron chi connectivity index (χ1n) is 6.66. The summed E-state index contributed by atoms with van der Waals surface area (Å²) in [5, 5.41) is 0. The maximum absolute atomic E-state index is 13.0. The Hall–Kier alpha value is -1.85. The molecule has 0 spiro atoms. The maximum atomic E-state index is 13.0. The molecule has 21 heavy (non-hydrogen) atoms. The molecule has 0 aromatic heterocycles. The van der Waals surface area contributed by atoms with Gasteiger partial charge in [-0.15, -0.1) is 0 Å². The zero-order valence-electron chi connectivity index (χ0n) is 11.5. The van der Waals surface area contributed by atoms with Crippen LogP contribution in [0.3, 0.4) is 0 Å². The van der Waals surface area contributed by atoms with Gasteiger partial charge in [-0.3, -0.25) is 4.79 Å². The predicted molar refractivity (Wildman–Crippen MR) is 68.8 cm³/mol. The molecule has 1 aliphatic carbocycles. The number of esters is 1. The highest BCUT2D eigenvalue weighted by atomic mass is 19.4. The van der Waals surface area contributed by atoms with Gasteiger partial charge in [0.15, 0.2) is 0 Å². The average Bonchev–Trinajstić information content (AvgIpc) is 3.20. The highest BCUT2D eigenvalue weighted by Gasteiger charge is 2.64. The van der Waals surface area contributed by atoms with Gasteiger partial charge in [0, 0.05) is 6.42 Å². The second-order valence-electron chi connectivity index (χ2n) is 5.10. The first-order chi connectivity index (χ1) is 9.80. The molecule has 114 valence electrons.